The Kier molecular flexibility index (Phi) is 7.53. The van der Waals surface area contributed by atoms with Gasteiger partial charge in [0.15, 0.2) is 35.6 Å². The molecule has 5 aliphatic rings. The van der Waals surface area contributed by atoms with Crippen molar-refractivity contribution in [3.05, 3.63) is 41.0 Å². The average Bonchev–Trinajstić information content (AvgIpc) is 3.62. The molecule has 44 heavy (non-hydrogen) atoms. The van der Waals surface area contributed by atoms with Crippen LogP contribution in [0.3, 0.4) is 0 Å². The van der Waals surface area contributed by atoms with Crippen molar-refractivity contribution in [1.82, 2.24) is 0 Å². The van der Waals surface area contributed by atoms with Crippen LogP contribution in [0.2, 0.25) is 0 Å². The van der Waals surface area contributed by atoms with Crippen LogP contribution in [0.25, 0.3) is 0 Å². The Morgan fingerprint density at radius 3 is 2.32 bits per heavy atom. The number of carbonyl (C=O) groups is 2. The van der Waals surface area contributed by atoms with Crippen LogP contribution in [-0.2, 0) is 33.3 Å². The van der Waals surface area contributed by atoms with Crippen LogP contribution in [0.15, 0.2) is 24.3 Å². The van der Waals surface area contributed by atoms with Crippen molar-refractivity contribution in [2.75, 3.05) is 34.2 Å². The highest BCUT2D eigenvalue weighted by molar-refractivity contribution is 5.79. The number of rotatable bonds is 6. The molecule has 3 fully saturated rings. The first-order chi connectivity index (χ1) is 21.2. The molecule has 0 spiro atoms. The van der Waals surface area contributed by atoms with Gasteiger partial charge in [0.25, 0.3) is 0 Å². The fourth-order valence-electron chi connectivity index (χ4n) is 6.93. The van der Waals surface area contributed by atoms with Crippen LogP contribution >= 0.6 is 0 Å². The summed E-state index contributed by atoms with van der Waals surface area (Å²) in [6.07, 6.45) is -3.50. The molecule has 9 unspecified atom stereocenters. The van der Waals surface area contributed by atoms with E-state index in [1.165, 1.54) is 21.1 Å². The lowest BCUT2D eigenvalue weighted by Crippen LogP contribution is -2.55. The third-order valence-corrected chi connectivity index (χ3v) is 8.86. The lowest BCUT2D eigenvalue weighted by molar-refractivity contribution is -0.340. The largest absolute Gasteiger partial charge is 0.493 e. The monoisotopic (exact) mass is 614 g/mol. The second-order valence-electron chi connectivity index (χ2n) is 11.5. The molecule has 4 heterocycles. The van der Waals surface area contributed by atoms with Crippen LogP contribution < -0.4 is 23.7 Å². The van der Waals surface area contributed by atoms with Gasteiger partial charge in [-0.15, -0.1) is 0 Å². The minimum absolute atomic E-state index is 0.0496. The molecule has 3 saturated heterocycles. The number of fused-ring (bicyclic) bond motifs is 4. The number of aliphatic hydroxyl groups excluding tert-OH is 1. The minimum Gasteiger partial charge on any atom is -0.493 e. The Bertz CT molecular complexity index is 1430. The third kappa shape index (κ3) is 4.92. The van der Waals surface area contributed by atoms with E-state index < -0.39 is 60.6 Å². The summed E-state index contributed by atoms with van der Waals surface area (Å²) in [6, 6.07) is 7.14. The topological polar surface area (TPSA) is 147 Å². The number of hydrogen-bond acceptors (Lipinski definition) is 13. The first-order valence-corrected chi connectivity index (χ1v) is 14.6. The Balaban J connectivity index is 1.31. The van der Waals surface area contributed by atoms with Crippen LogP contribution in [0, 0.1) is 11.8 Å². The molecule has 0 radical (unpaired) electrons. The number of hydrogen-bond donors (Lipinski definition) is 1. The molecule has 9 atom stereocenters. The maximum atomic E-state index is 13.5. The van der Waals surface area contributed by atoms with Gasteiger partial charge >= 0.3 is 11.9 Å². The molecule has 0 amide bonds. The van der Waals surface area contributed by atoms with Gasteiger partial charge in [0, 0.05) is 25.2 Å². The van der Waals surface area contributed by atoms with Crippen LogP contribution in [-0.4, -0.2) is 82.2 Å². The lowest BCUT2D eigenvalue weighted by Gasteiger charge is -2.45. The van der Waals surface area contributed by atoms with E-state index in [1.807, 2.05) is 12.1 Å². The van der Waals surface area contributed by atoms with E-state index in [4.69, 9.17) is 47.4 Å². The van der Waals surface area contributed by atoms with E-state index in [0.717, 1.165) is 11.1 Å². The highest BCUT2D eigenvalue weighted by atomic mass is 16.7. The summed E-state index contributed by atoms with van der Waals surface area (Å²) in [4.78, 5) is 25.3. The second kappa shape index (κ2) is 11.4. The molecule has 4 aliphatic heterocycles. The highest BCUT2D eigenvalue weighted by Gasteiger charge is 2.55. The molecule has 13 heteroatoms. The minimum atomic E-state index is -1.00. The fraction of sp³-hybridized carbons (Fsp3) is 0.548. The van der Waals surface area contributed by atoms with Gasteiger partial charge in [0.1, 0.15) is 12.2 Å². The van der Waals surface area contributed by atoms with Crippen LogP contribution in [0.1, 0.15) is 49.0 Å². The highest BCUT2D eigenvalue weighted by Crippen LogP contribution is 2.57. The van der Waals surface area contributed by atoms with E-state index in [2.05, 4.69) is 0 Å². The molecule has 236 valence electrons. The molecule has 1 N–H and O–H groups in total. The summed E-state index contributed by atoms with van der Waals surface area (Å²) in [5.41, 5.74) is 2.15. The van der Waals surface area contributed by atoms with E-state index in [0.29, 0.717) is 30.1 Å². The Morgan fingerprint density at radius 1 is 0.932 bits per heavy atom. The lowest BCUT2D eigenvalue weighted by atomic mass is 9.66. The molecule has 0 saturated carbocycles. The van der Waals surface area contributed by atoms with Crippen molar-refractivity contribution in [3.63, 3.8) is 0 Å². The van der Waals surface area contributed by atoms with Crippen molar-refractivity contribution in [3.8, 4) is 28.7 Å². The summed E-state index contributed by atoms with van der Waals surface area (Å²) < 4.78 is 57.9. The van der Waals surface area contributed by atoms with Gasteiger partial charge in [0.2, 0.25) is 12.5 Å². The van der Waals surface area contributed by atoms with Gasteiger partial charge in [-0.3, -0.25) is 9.59 Å². The first kappa shape index (κ1) is 29.1. The van der Waals surface area contributed by atoms with E-state index in [9.17, 15) is 14.7 Å². The predicted molar refractivity (Wildman–Crippen MR) is 147 cm³/mol. The number of aliphatic hydroxyl groups is 1. The fourth-order valence-corrected chi connectivity index (χ4v) is 6.93. The molecule has 0 aromatic heterocycles. The van der Waals surface area contributed by atoms with Gasteiger partial charge < -0.3 is 52.5 Å². The van der Waals surface area contributed by atoms with E-state index in [1.54, 1.807) is 19.1 Å². The normalized spacial score (nSPS) is 33.5. The molecule has 2 aromatic carbocycles. The molecule has 2 aromatic rings. The zero-order valence-electron chi connectivity index (χ0n) is 24.7. The molecular weight excluding hydrogens is 580 g/mol. The van der Waals surface area contributed by atoms with Crippen LogP contribution in [0.5, 0.6) is 28.7 Å². The van der Waals surface area contributed by atoms with Gasteiger partial charge in [0.05, 0.1) is 45.6 Å². The smallest absolute Gasteiger partial charge is 0.310 e. The predicted octanol–water partition coefficient (Wildman–Crippen LogP) is 2.59. The molecule has 13 nitrogen and oxygen atoms in total. The van der Waals surface area contributed by atoms with Gasteiger partial charge in [-0.1, -0.05) is 0 Å². The summed E-state index contributed by atoms with van der Waals surface area (Å²) in [5.74, 6) is -0.895. The van der Waals surface area contributed by atoms with Gasteiger partial charge in [-0.2, -0.15) is 0 Å². The van der Waals surface area contributed by atoms with Crippen molar-refractivity contribution in [2.24, 2.45) is 11.8 Å². The number of benzene rings is 2. The maximum Gasteiger partial charge on any atom is 0.310 e. The van der Waals surface area contributed by atoms with Crippen molar-refractivity contribution < 1.29 is 62.1 Å². The maximum absolute atomic E-state index is 13.5. The average molecular weight is 615 g/mol. The summed E-state index contributed by atoms with van der Waals surface area (Å²) in [7, 11) is 2.91. The molecule has 1 aliphatic carbocycles. The SMILES string of the molecule is COc1cc(C2c3cc4c(cc3C(OC3OC5COC(C)OC5CC3O)C3COC(=O)C23)OCO4)cc(OC)c1OC(C)=O. The second-order valence-corrected chi connectivity index (χ2v) is 11.5. The summed E-state index contributed by atoms with van der Waals surface area (Å²) in [5, 5.41) is 11.1. The summed E-state index contributed by atoms with van der Waals surface area (Å²) in [6.45, 7) is 3.54. The van der Waals surface area contributed by atoms with Crippen molar-refractivity contribution in [2.45, 2.75) is 63.2 Å². The standard InChI is InChI=1S/C31H34O13/c1-13(32)41-29-23(35-3)5-15(6-24(29)36-4)26-16-7-20-21(40-12-39-20)8-17(16)28(18-10-38-30(34)27(18)26)44-31-19(33)9-22-25(43-31)11-37-14(2)42-22/h5-8,14,18-19,22,25-28,31,33H,9-12H2,1-4H3. The zero-order chi connectivity index (χ0) is 30.7. The summed E-state index contributed by atoms with van der Waals surface area (Å²) >= 11 is 0. The number of esters is 2. The number of cyclic esters (lactones) is 1. The first-order valence-electron chi connectivity index (χ1n) is 14.6. The third-order valence-electron chi connectivity index (χ3n) is 8.86. The molecular formula is C31H34O13. The van der Waals surface area contributed by atoms with Crippen LogP contribution in [0.4, 0.5) is 0 Å². The van der Waals surface area contributed by atoms with Gasteiger partial charge in [-0.05, 0) is 47.9 Å². The quantitative estimate of drug-likeness (QED) is 0.376. The van der Waals surface area contributed by atoms with Crippen molar-refractivity contribution in [1.29, 1.82) is 0 Å². The zero-order valence-corrected chi connectivity index (χ0v) is 24.7. The number of carbonyl (C=O) groups excluding carboxylic acids is 2. The Morgan fingerprint density at radius 2 is 1.64 bits per heavy atom. The molecule has 0 bridgehead atoms. The van der Waals surface area contributed by atoms with E-state index in [-0.39, 0.29) is 36.8 Å². The van der Waals surface area contributed by atoms with Crippen molar-refractivity contribution >= 4 is 11.9 Å². The Hall–Kier alpha value is -3.62. The van der Waals surface area contributed by atoms with E-state index >= 15 is 0 Å². The number of ether oxygens (including phenoxy) is 10. The van der Waals surface area contributed by atoms with Gasteiger partial charge in [-0.25, -0.2) is 0 Å². The molecule has 7 rings (SSSR count). The Labute approximate surface area is 253 Å². The number of methoxy groups -OCH3 is 2.